The quantitative estimate of drug-likeness (QED) is 0.892. The lowest BCUT2D eigenvalue weighted by Crippen LogP contribution is -2.55. The monoisotopic (exact) mass is 260 g/mol. The molecule has 3 unspecified atom stereocenters. The van der Waals surface area contributed by atoms with Crippen molar-refractivity contribution in [3.63, 3.8) is 0 Å². The van der Waals surface area contributed by atoms with E-state index in [1.54, 1.807) is 0 Å². The number of nitrogens with zero attached hydrogens (tertiary/aromatic N) is 1. The summed E-state index contributed by atoms with van der Waals surface area (Å²) in [4.78, 5) is 2.72. The molecule has 0 aliphatic carbocycles. The molecule has 0 saturated carbocycles. The van der Waals surface area contributed by atoms with Gasteiger partial charge in [0.1, 0.15) is 0 Å². The fourth-order valence-electron chi connectivity index (χ4n) is 3.38. The van der Waals surface area contributed by atoms with E-state index in [9.17, 15) is 0 Å². The van der Waals surface area contributed by atoms with Crippen molar-refractivity contribution in [1.82, 2.24) is 10.2 Å². The van der Waals surface area contributed by atoms with Crippen molar-refractivity contribution in [2.45, 2.75) is 52.2 Å². The van der Waals surface area contributed by atoms with E-state index in [2.05, 4.69) is 68.2 Å². The summed E-state index contributed by atoms with van der Waals surface area (Å²) in [5, 5.41) is 3.64. The first-order valence-corrected chi connectivity index (χ1v) is 7.67. The molecule has 1 aromatic carbocycles. The zero-order valence-electron chi connectivity index (χ0n) is 12.8. The highest BCUT2D eigenvalue weighted by atomic mass is 15.3. The number of nitrogens with one attached hydrogen (secondary N) is 1. The van der Waals surface area contributed by atoms with Crippen molar-refractivity contribution in [3.8, 4) is 0 Å². The van der Waals surface area contributed by atoms with Crippen LogP contribution in [0.1, 0.15) is 45.7 Å². The summed E-state index contributed by atoms with van der Waals surface area (Å²) in [5.41, 5.74) is 1.45. The summed E-state index contributed by atoms with van der Waals surface area (Å²) < 4.78 is 0. The number of rotatable bonds is 4. The maximum absolute atomic E-state index is 3.64. The van der Waals surface area contributed by atoms with Crippen LogP contribution in [-0.4, -0.2) is 30.1 Å². The molecule has 1 saturated heterocycles. The van der Waals surface area contributed by atoms with Gasteiger partial charge in [0.25, 0.3) is 0 Å². The lowest BCUT2D eigenvalue weighted by Gasteiger charge is -2.45. The van der Waals surface area contributed by atoms with Crippen LogP contribution in [0.15, 0.2) is 30.3 Å². The Morgan fingerprint density at radius 3 is 2.53 bits per heavy atom. The molecule has 0 spiro atoms. The normalized spacial score (nSPS) is 26.6. The fraction of sp³-hybridized carbons (Fsp3) is 0.647. The third-order valence-corrected chi connectivity index (χ3v) is 4.34. The molecule has 3 atom stereocenters. The summed E-state index contributed by atoms with van der Waals surface area (Å²) in [6.45, 7) is 11.5. The minimum atomic E-state index is 0.518. The van der Waals surface area contributed by atoms with Gasteiger partial charge < -0.3 is 5.32 Å². The molecule has 0 radical (unpaired) electrons. The standard InChI is InChI=1S/C17H28N2/c1-5-16(13(2)3)19-12-14(4)18-11-17(19)15-9-7-6-8-10-15/h6-10,13-14,16-18H,5,11-12H2,1-4H3. The van der Waals surface area contributed by atoms with Gasteiger partial charge in [-0.15, -0.1) is 0 Å². The van der Waals surface area contributed by atoms with Gasteiger partial charge in [-0.1, -0.05) is 51.1 Å². The van der Waals surface area contributed by atoms with Gasteiger partial charge in [-0.3, -0.25) is 4.90 Å². The number of hydrogen-bond acceptors (Lipinski definition) is 2. The highest BCUT2D eigenvalue weighted by Gasteiger charge is 2.32. The molecule has 2 nitrogen and oxygen atoms in total. The van der Waals surface area contributed by atoms with Crippen LogP contribution in [0.4, 0.5) is 0 Å². The SMILES string of the molecule is CCC(C(C)C)N1CC(C)NCC1c1ccccc1. The zero-order valence-corrected chi connectivity index (χ0v) is 12.8. The van der Waals surface area contributed by atoms with Crippen molar-refractivity contribution < 1.29 is 0 Å². The molecule has 0 bridgehead atoms. The molecule has 2 rings (SSSR count). The number of benzene rings is 1. The molecule has 1 aliphatic rings. The Bertz CT molecular complexity index is 374. The second kappa shape index (κ2) is 6.53. The Morgan fingerprint density at radius 1 is 1.26 bits per heavy atom. The average molecular weight is 260 g/mol. The van der Waals surface area contributed by atoms with E-state index >= 15 is 0 Å². The van der Waals surface area contributed by atoms with Gasteiger partial charge >= 0.3 is 0 Å². The predicted octanol–water partition coefficient (Wildman–Crippen LogP) is 3.46. The average Bonchev–Trinajstić information content (AvgIpc) is 2.40. The summed E-state index contributed by atoms with van der Waals surface area (Å²) in [6.07, 6.45) is 1.23. The van der Waals surface area contributed by atoms with E-state index in [0.29, 0.717) is 24.0 Å². The highest BCUT2D eigenvalue weighted by molar-refractivity contribution is 5.20. The van der Waals surface area contributed by atoms with Gasteiger partial charge in [0.05, 0.1) is 0 Å². The lowest BCUT2D eigenvalue weighted by atomic mass is 9.93. The third kappa shape index (κ3) is 3.37. The number of piperazine rings is 1. The van der Waals surface area contributed by atoms with Gasteiger partial charge in [0, 0.05) is 31.2 Å². The van der Waals surface area contributed by atoms with Gasteiger partial charge in [-0.25, -0.2) is 0 Å². The molecule has 1 aromatic rings. The van der Waals surface area contributed by atoms with E-state index < -0.39 is 0 Å². The molecule has 106 valence electrons. The minimum Gasteiger partial charge on any atom is -0.311 e. The summed E-state index contributed by atoms with van der Waals surface area (Å²) in [5.74, 6) is 0.710. The number of hydrogen-bond donors (Lipinski definition) is 1. The van der Waals surface area contributed by atoms with Crippen LogP contribution in [0.25, 0.3) is 0 Å². The predicted molar refractivity (Wildman–Crippen MR) is 82.3 cm³/mol. The highest BCUT2D eigenvalue weighted by Crippen LogP contribution is 2.29. The molecule has 0 amide bonds. The van der Waals surface area contributed by atoms with Crippen LogP contribution in [-0.2, 0) is 0 Å². The van der Waals surface area contributed by atoms with Gasteiger partial charge in [0.15, 0.2) is 0 Å². The minimum absolute atomic E-state index is 0.518. The maximum Gasteiger partial charge on any atom is 0.0476 e. The molecule has 1 fully saturated rings. The molecular formula is C17H28N2. The zero-order chi connectivity index (χ0) is 13.8. The summed E-state index contributed by atoms with van der Waals surface area (Å²) in [6, 6.07) is 12.7. The van der Waals surface area contributed by atoms with Crippen LogP contribution < -0.4 is 5.32 Å². The van der Waals surface area contributed by atoms with Gasteiger partial charge in [-0.2, -0.15) is 0 Å². The van der Waals surface area contributed by atoms with Crippen molar-refractivity contribution >= 4 is 0 Å². The second-order valence-corrected chi connectivity index (χ2v) is 6.15. The summed E-state index contributed by atoms with van der Waals surface area (Å²) >= 11 is 0. The van der Waals surface area contributed by atoms with E-state index in [-0.39, 0.29) is 0 Å². The van der Waals surface area contributed by atoms with Crippen LogP contribution >= 0.6 is 0 Å². The second-order valence-electron chi connectivity index (χ2n) is 6.15. The van der Waals surface area contributed by atoms with E-state index in [1.807, 2.05) is 0 Å². The van der Waals surface area contributed by atoms with Crippen molar-refractivity contribution in [2.75, 3.05) is 13.1 Å². The molecular weight excluding hydrogens is 232 g/mol. The fourth-order valence-corrected chi connectivity index (χ4v) is 3.38. The van der Waals surface area contributed by atoms with Crippen LogP contribution in [0.3, 0.4) is 0 Å². The molecule has 1 heterocycles. The largest absolute Gasteiger partial charge is 0.311 e. The van der Waals surface area contributed by atoms with Crippen LogP contribution in [0.2, 0.25) is 0 Å². The molecule has 1 N–H and O–H groups in total. The Labute approximate surface area is 118 Å². The lowest BCUT2D eigenvalue weighted by molar-refractivity contribution is 0.0588. The summed E-state index contributed by atoms with van der Waals surface area (Å²) in [7, 11) is 0. The van der Waals surface area contributed by atoms with E-state index in [0.717, 1.165) is 13.1 Å². The van der Waals surface area contributed by atoms with Crippen molar-refractivity contribution in [1.29, 1.82) is 0 Å². The van der Waals surface area contributed by atoms with E-state index in [4.69, 9.17) is 0 Å². The smallest absolute Gasteiger partial charge is 0.0476 e. The van der Waals surface area contributed by atoms with Gasteiger partial charge in [-0.05, 0) is 24.8 Å². The maximum atomic E-state index is 3.64. The van der Waals surface area contributed by atoms with Gasteiger partial charge in [0.2, 0.25) is 0 Å². The van der Waals surface area contributed by atoms with Crippen LogP contribution in [0, 0.1) is 5.92 Å². The van der Waals surface area contributed by atoms with E-state index in [1.165, 1.54) is 12.0 Å². The molecule has 19 heavy (non-hydrogen) atoms. The van der Waals surface area contributed by atoms with Crippen molar-refractivity contribution in [3.05, 3.63) is 35.9 Å². The van der Waals surface area contributed by atoms with Crippen LogP contribution in [0.5, 0.6) is 0 Å². The molecule has 1 aliphatic heterocycles. The Hall–Kier alpha value is -0.860. The first-order chi connectivity index (χ1) is 9.13. The molecule has 2 heteroatoms. The molecule has 0 aromatic heterocycles. The Kier molecular flexibility index (Phi) is 5.00. The Balaban J connectivity index is 2.24. The topological polar surface area (TPSA) is 15.3 Å². The first kappa shape index (κ1) is 14.5. The van der Waals surface area contributed by atoms with Crippen molar-refractivity contribution in [2.24, 2.45) is 5.92 Å². The first-order valence-electron chi connectivity index (χ1n) is 7.67. The third-order valence-electron chi connectivity index (χ3n) is 4.34. The Morgan fingerprint density at radius 2 is 1.95 bits per heavy atom.